The number of nitrogens with zero attached hydrogens (tertiary/aromatic N) is 1. The lowest BCUT2D eigenvalue weighted by molar-refractivity contribution is -0.134. The fourth-order valence-corrected chi connectivity index (χ4v) is 3.38. The molecular weight excluding hydrogens is 362 g/mol. The van der Waals surface area contributed by atoms with Crippen LogP contribution in [0, 0.1) is 0 Å². The molecule has 0 saturated carbocycles. The van der Waals surface area contributed by atoms with Crippen LogP contribution in [0.3, 0.4) is 0 Å². The summed E-state index contributed by atoms with van der Waals surface area (Å²) in [7, 11) is 0. The molecule has 1 heterocycles. The first-order chi connectivity index (χ1) is 10.8. The number of benzene rings is 2. The molecule has 3 rings (SSSR count). The normalized spacial score (nSPS) is 10.8. The van der Waals surface area contributed by atoms with E-state index in [4.69, 9.17) is 4.74 Å². The molecule has 22 heavy (non-hydrogen) atoms. The minimum atomic E-state index is -0.215. The highest BCUT2D eigenvalue weighted by Gasteiger charge is 2.13. The highest BCUT2D eigenvalue weighted by Crippen LogP contribution is 2.35. The molecule has 0 aliphatic carbocycles. The Balaban J connectivity index is 1.92. The second kappa shape index (κ2) is 7.03. The fourth-order valence-electron chi connectivity index (χ4n) is 2.10. The lowest BCUT2D eigenvalue weighted by atomic mass is 10.2. The van der Waals surface area contributed by atoms with E-state index in [-0.39, 0.29) is 5.97 Å². The third-order valence-electron chi connectivity index (χ3n) is 3.15. The minimum absolute atomic E-state index is 0.215. The second-order valence-electron chi connectivity index (χ2n) is 4.75. The van der Waals surface area contributed by atoms with Crippen molar-refractivity contribution in [2.45, 2.75) is 12.8 Å². The smallest absolute Gasteiger partial charge is 0.311 e. The van der Waals surface area contributed by atoms with E-state index >= 15 is 0 Å². The number of carbonyl (C=O) groups is 1. The first-order valence-electron chi connectivity index (χ1n) is 6.99. The van der Waals surface area contributed by atoms with Crippen LogP contribution in [0.1, 0.15) is 12.8 Å². The van der Waals surface area contributed by atoms with Crippen molar-refractivity contribution in [1.82, 2.24) is 4.98 Å². The molecule has 0 unspecified atom stereocenters. The first-order valence-corrected chi connectivity index (χ1v) is 8.93. The zero-order valence-corrected chi connectivity index (χ0v) is 14.2. The van der Waals surface area contributed by atoms with Crippen molar-refractivity contribution < 1.29 is 9.53 Å². The highest BCUT2D eigenvalue weighted by atomic mass is 79.9. The maximum atomic E-state index is 11.9. The summed E-state index contributed by atoms with van der Waals surface area (Å²) in [5.41, 5.74) is 1.82. The Labute approximate surface area is 141 Å². The standard InChI is InChI=1S/C17H14BrNO2S/c18-11-5-10-16(20)21-14-8-3-1-6-12(14)17-19-13-7-2-4-9-15(13)22-17/h1-4,6-9H,5,10-11H2. The van der Waals surface area contributed by atoms with Gasteiger partial charge in [0.2, 0.25) is 0 Å². The summed E-state index contributed by atoms with van der Waals surface area (Å²) in [5.74, 6) is 0.356. The Morgan fingerprint density at radius 1 is 1.14 bits per heavy atom. The molecule has 0 spiro atoms. The summed E-state index contributed by atoms with van der Waals surface area (Å²) in [6.45, 7) is 0. The molecule has 0 bridgehead atoms. The molecule has 112 valence electrons. The summed E-state index contributed by atoms with van der Waals surface area (Å²) in [6, 6.07) is 15.5. The molecule has 0 amide bonds. The number of esters is 1. The zero-order valence-electron chi connectivity index (χ0n) is 11.8. The molecule has 2 aromatic carbocycles. The van der Waals surface area contributed by atoms with E-state index in [1.807, 2.05) is 48.5 Å². The Bertz CT molecular complexity index is 767. The van der Waals surface area contributed by atoms with Gasteiger partial charge in [-0.05, 0) is 30.7 Å². The number of alkyl halides is 1. The summed E-state index contributed by atoms with van der Waals surface area (Å²) in [4.78, 5) is 16.5. The van der Waals surface area contributed by atoms with Crippen LogP contribution in [0.15, 0.2) is 48.5 Å². The van der Waals surface area contributed by atoms with Crippen molar-refractivity contribution in [2.24, 2.45) is 0 Å². The molecule has 3 nitrogen and oxygen atoms in total. The number of hydrogen-bond acceptors (Lipinski definition) is 4. The van der Waals surface area contributed by atoms with E-state index < -0.39 is 0 Å². The molecule has 3 aromatic rings. The molecule has 1 aromatic heterocycles. The molecule has 0 fully saturated rings. The molecule has 0 radical (unpaired) electrons. The number of carbonyl (C=O) groups excluding carboxylic acids is 1. The van der Waals surface area contributed by atoms with Gasteiger partial charge < -0.3 is 4.74 Å². The fraction of sp³-hybridized carbons (Fsp3) is 0.176. The van der Waals surface area contributed by atoms with E-state index in [9.17, 15) is 4.79 Å². The molecule has 0 aliphatic heterocycles. The first kappa shape index (κ1) is 15.2. The molecular formula is C17H14BrNO2S. The molecule has 0 saturated heterocycles. The zero-order chi connectivity index (χ0) is 15.4. The number of aromatic nitrogens is 1. The van der Waals surface area contributed by atoms with E-state index in [0.29, 0.717) is 12.2 Å². The van der Waals surface area contributed by atoms with Gasteiger partial charge in [-0.1, -0.05) is 40.2 Å². The van der Waals surface area contributed by atoms with Crippen LogP contribution in [0.5, 0.6) is 5.75 Å². The summed E-state index contributed by atoms with van der Waals surface area (Å²) in [5, 5.41) is 1.66. The second-order valence-corrected chi connectivity index (χ2v) is 6.57. The lowest BCUT2D eigenvalue weighted by Gasteiger charge is -2.07. The minimum Gasteiger partial charge on any atom is -0.426 e. The average Bonchev–Trinajstić information content (AvgIpc) is 2.97. The maximum Gasteiger partial charge on any atom is 0.311 e. The van der Waals surface area contributed by atoms with E-state index in [2.05, 4.69) is 20.9 Å². The summed E-state index contributed by atoms with van der Waals surface area (Å²) in [6.07, 6.45) is 1.17. The van der Waals surface area contributed by atoms with Crippen molar-refractivity contribution in [3.8, 4) is 16.3 Å². The van der Waals surface area contributed by atoms with Gasteiger partial charge in [-0.3, -0.25) is 4.79 Å². The van der Waals surface area contributed by atoms with Crippen LogP contribution in [0.25, 0.3) is 20.8 Å². The van der Waals surface area contributed by atoms with Crippen LogP contribution >= 0.6 is 27.3 Å². The predicted molar refractivity (Wildman–Crippen MR) is 93.7 cm³/mol. The van der Waals surface area contributed by atoms with Crippen molar-refractivity contribution in [3.63, 3.8) is 0 Å². The monoisotopic (exact) mass is 375 g/mol. The van der Waals surface area contributed by atoms with Crippen LogP contribution in [-0.4, -0.2) is 16.3 Å². The van der Waals surface area contributed by atoms with Gasteiger partial charge in [0.05, 0.1) is 15.8 Å². The molecule has 0 N–H and O–H groups in total. The predicted octanol–water partition coefficient (Wildman–Crippen LogP) is 5.04. The number of hydrogen-bond donors (Lipinski definition) is 0. The van der Waals surface area contributed by atoms with Gasteiger partial charge in [0.1, 0.15) is 10.8 Å². The average molecular weight is 376 g/mol. The van der Waals surface area contributed by atoms with Gasteiger partial charge in [-0.25, -0.2) is 4.98 Å². The number of thiazole rings is 1. The van der Waals surface area contributed by atoms with E-state index in [0.717, 1.165) is 32.5 Å². The van der Waals surface area contributed by atoms with Crippen LogP contribution in [-0.2, 0) is 4.79 Å². The quantitative estimate of drug-likeness (QED) is 0.356. The van der Waals surface area contributed by atoms with Crippen molar-refractivity contribution >= 4 is 43.5 Å². The Morgan fingerprint density at radius 3 is 2.73 bits per heavy atom. The van der Waals surface area contributed by atoms with Crippen LogP contribution in [0.4, 0.5) is 0 Å². The maximum absolute atomic E-state index is 11.9. The SMILES string of the molecule is O=C(CCCBr)Oc1ccccc1-c1nc2ccccc2s1. The van der Waals surface area contributed by atoms with Crippen molar-refractivity contribution in [2.75, 3.05) is 5.33 Å². The van der Waals surface area contributed by atoms with Crippen LogP contribution < -0.4 is 4.74 Å². The van der Waals surface area contributed by atoms with Crippen LogP contribution in [0.2, 0.25) is 0 Å². The van der Waals surface area contributed by atoms with E-state index in [1.165, 1.54) is 0 Å². The topological polar surface area (TPSA) is 39.2 Å². The number of fused-ring (bicyclic) bond motifs is 1. The Kier molecular flexibility index (Phi) is 4.85. The lowest BCUT2D eigenvalue weighted by Crippen LogP contribution is -2.08. The Morgan fingerprint density at radius 2 is 1.91 bits per heavy atom. The van der Waals surface area contributed by atoms with Gasteiger partial charge in [0, 0.05) is 11.8 Å². The molecule has 5 heteroatoms. The van der Waals surface area contributed by atoms with E-state index in [1.54, 1.807) is 11.3 Å². The summed E-state index contributed by atoms with van der Waals surface area (Å²) < 4.78 is 6.63. The molecule has 0 atom stereocenters. The number of rotatable bonds is 5. The highest BCUT2D eigenvalue weighted by molar-refractivity contribution is 9.09. The Hall–Kier alpha value is -1.72. The largest absolute Gasteiger partial charge is 0.426 e. The third-order valence-corrected chi connectivity index (χ3v) is 4.78. The molecule has 0 aliphatic rings. The van der Waals surface area contributed by atoms with Gasteiger partial charge in [-0.15, -0.1) is 11.3 Å². The third kappa shape index (κ3) is 3.36. The number of para-hydroxylation sites is 2. The number of ether oxygens (including phenoxy) is 1. The van der Waals surface area contributed by atoms with Gasteiger partial charge >= 0.3 is 5.97 Å². The van der Waals surface area contributed by atoms with Gasteiger partial charge in [0.15, 0.2) is 0 Å². The van der Waals surface area contributed by atoms with Gasteiger partial charge in [0.25, 0.3) is 0 Å². The van der Waals surface area contributed by atoms with Gasteiger partial charge in [-0.2, -0.15) is 0 Å². The van der Waals surface area contributed by atoms with Crippen molar-refractivity contribution in [3.05, 3.63) is 48.5 Å². The van der Waals surface area contributed by atoms with Crippen molar-refractivity contribution in [1.29, 1.82) is 0 Å². The summed E-state index contributed by atoms with van der Waals surface area (Å²) >= 11 is 4.92. The number of halogens is 1.